The van der Waals surface area contributed by atoms with Gasteiger partial charge in [-0.3, -0.25) is 9.69 Å². The maximum absolute atomic E-state index is 13.8. The summed E-state index contributed by atoms with van der Waals surface area (Å²) in [6.07, 6.45) is 2.45. The number of hydrogen-bond acceptors (Lipinski definition) is 4. The lowest BCUT2D eigenvalue weighted by Crippen LogP contribution is -2.32. The van der Waals surface area contributed by atoms with E-state index in [0.717, 1.165) is 30.3 Å². The number of nitrogens with one attached hydrogen (secondary N) is 1. The Bertz CT molecular complexity index is 817. The van der Waals surface area contributed by atoms with Crippen LogP contribution >= 0.6 is 0 Å². The lowest BCUT2D eigenvalue weighted by Gasteiger charge is -2.32. The molecule has 1 aliphatic heterocycles. The minimum absolute atomic E-state index is 0.0963. The Balaban J connectivity index is 1.49. The SMILES string of the molecule is COc1ccc(CN(C)CC(=O)Nc2ccc(N3CCC(C)CC3)cc2)cc1F. The van der Waals surface area contributed by atoms with Crippen LogP contribution in [-0.2, 0) is 11.3 Å². The molecule has 2 aromatic rings. The summed E-state index contributed by atoms with van der Waals surface area (Å²) in [6.45, 7) is 5.17. The number of piperidine rings is 1. The van der Waals surface area contributed by atoms with Crippen molar-refractivity contribution in [3.8, 4) is 5.75 Å². The molecule has 0 radical (unpaired) electrons. The van der Waals surface area contributed by atoms with Crippen molar-refractivity contribution in [2.24, 2.45) is 5.92 Å². The number of amides is 1. The lowest BCUT2D eigenvalue weighted by atomic mass is 9.99. The third-order valence-electron chi connectivity index (χ3n) is 5.38. The first-order chi connectivity index (χ1) is 13.9. The van der Waals surface area contributed by atoms with Gasteiger partial charge in [0.05, 0.1) is 13.7 Å². The summed E-state index contributed by atoms with van der Waals surface area (Å²) in [6, 6.07) is 12.9. The Morgan fingerprint density at radius 2 is 1.90 bits per heavy atom. The van der Waals surface area contributed by atoms with Gasteiger partial charge in [-0.15, -0.1) is 0 Å². The monoisotopic (exact) mass is 399 g/mol. The van der Waals surface area contributed by atoms with Gasteiger partial charge in [0.1, 0.15) is 0 Å². The van der Waals surface area contributed by atoms with Crippen LogP contribution in [-0.4, -0.2) is 44.6 Å². The van der Waals surface area contributed by atoms with Crippen LogP contribution in [0.1, 0.15) is 25.3 Å². The fourth-order valence-corrected chi connectivity index (χ4v) is 3.64. The maximum Gasteiger partial charge on any atom is 0.238 e. The van der Waals surface area contributed by atoms with Crippen molar-refractivity contribution in [2.45, 2.75) is 26.3 Å². The van der Waals surface area contributed by atoms with Gasteiger partial charge in [0, 0.05) is 31.0 Å². The van der Waals surface area contributed by atoms with Gasteiger partial charge in [-0.1, -0.05) is 13.0 Å². The molecule has 1 amide bonds. The molecule has 2 aromatic carbocycles. The zero-order chi connectivity index (χ0) is 20.8. The molecule has 0 bridgehead atoms. The van der Waals surface area contributed by atoms with Crippen molar-refractivity contribution in [1.29, 1.82) is 0 Å². The van der Waals surface area contributed by atoms with Gasteiger partial charge in [0.15, 0.2) is 11.6 Å². The van der Waals surface area contributed by atoms with Gasteiger partial charge in [-0.2, -0.15) is 0 Å². The number of carbonyl (C=O) groups is 1. The topological polar surface area (TPSA) is 44.8 Å². The largest absolute Gasteiger partial charge is 0.494 e. The third kappa shape index (κ3) is 5.94. The van der Waals surface area contributed by atoms with Gasteiger partial charge in [-0.05, 0) is 67.8 Å². The minimum Gasteiger partial charge on any atom is -0.494 e. The third-order valence-corrected chi connectivity index (χ3v) is 5.38. The van der Waals surface area contributed by atoms with E-state index in [4.69, 9.17) is 4.74 Å². The van der Waals surface area contributed by atoms with E-state index in [1.54, 1.807) is 12.1 Å². The van der Waals surface area contributed by atoms with Gasteiger partial charge >= 0.3 is 0 Å². The highest BCUT2D eigenvalue weighted by atomic mass is 19.1. The standard InChI is InChI=1S/C23H30FN3O2/c1-17-10-12-27(13-11-17)20-7-5-19(6-8-20)25-23(28)16-26(2)15-18-4-9-22(29-3)21(24)14-18/h4-9,14,17H,10-13,15-16H2,1-3H3,(H,25,28). The van der Waals surface area contributed by atoms with Crippen LogP contribution < -0.4 is 15.0 Å². The fourth-order valence-electron chi connectivity index (χ4n) is 3.64. The van der Waals surface area contributed by atoms with E-state index in [1.807, 2.05) is 24.1 Å². The zero-order valence-electron chi connectivity index (χ0n) is 17.5. The smallest absolute Gasteiger partial charge is 0.238 e. The average Bonchev–Trinajstić information content (AvgIpc) is 2.69. The first-order valence-corrected chi connectivity index (χ1v) is 10.1. The highest BCUT2D eigenvalue weighted by Gasteiger charge is 2.16. The second-order valence-corrected chi connectivity index (χ2v) is 7.91. The van der Waals surface area contributed by atoms with Crippen LogP contribution in [0.4, 0.5) is 15.8 Å². The first-order valence-electron chi connectivity index (χ1n) is 10.1. The molecule has 0 aliphatic carbocycles. The van der Waals surface area contributed by atoms with Gasteiger partial charge in [-0.25, -0.2) is 4.39 Å². The molecule has 29 heavy (non-hydrogen) atoms. The number of carbonyl (C=O) groups excluding carboxylic acids is 1. The number of anilines is 2. The summed E-state index contributed by atoms with van der Waals surface area (Å²) in [5.74, 6) is 0.528. The number of halogens is 1. The van der Waals surface area contributed by atoms with Crippen LogP contribution in [0.15, 0.2) is 42.5 Å². The van der Waals surface area contributed by atoms with Crippen molar-refractivity contribution < 1.29 is 13.9 Å². The first kappa shape index (κ1) is 21.1. The van der Waals surface area contributed by atoms with E-state index in [0.29, 0.717) is 6.54 Å². The molecule has 0 unspecified atom stereocenters. The fraction of sp³-hybridized carbons (Fsp3) is 0.435. The number of benzene rings is 2. The molecule has 5 nitrogen and oxygen atoms in total. The number of rotatable bonds is 7. The highest BCUT2D eigenvalue weighted by molar-refractivity contribution is 5.92. The van der Waals surface area contributed by atoms with Crippen LogP contribution in [0.3, 0.4) is 0 Å². The van der Waals surface area contributed by atoms with E-state index in [9.17, 15) is 9.18 Å². The van der Waals surface area contributed by atoms with E-state index in [2.05, 4.69) is 29.3 Å². The van der Waals surface area contributed by atoms with Gasteiger partial charge in [0.2, 0.25) is 5.91 Å². The molecule has 1 saturated heterocycles. The van der Waals surface area contributed by atoms with Crippen LogP contribution in [0.5, 0.6) is 5.75 Å². The molecule has 1 fully saturated rings. The second-order valence-electron chi connectivity index (χ2n) is 7.91. The molecular weight excluding hydrogens is 369 g/mol. The van der Waals surface area contributed by atoms with Crippen molar-refractivity contribution in [2.75, 3.05) is 44.0 Å². The van der Waals surface area contributed by atoms with E-state index < -0.39 is 5.82 Å². The predicted molar refractivity (Wildman–Crippen MR) is 115 cm³/mol. The number of likely N-dealkylation sites (N-methyl/N-ethyl adjacent to an activating group) is 1. The normalized spacial score (nSPS) is 14.9. The van der Waals surface area contributed by atoms with Gasteiger partial charge in [0.25, 0.3) is 0 Å². The van der Waals surface area contributed by atoms with Crippen LogP contribution in [0.2, 0.25) is 0 Å². The zero-order valence-corrected chi connectivity index (χ0v) is 17.5. The second kappa shape index (κ2) is 9.74. The van der Waals surface area contributed by atoms with E-state index in [1.165, 1.54) is 31.7 Å². The summed E-state index contributed by atoms with van der Waals surface area (Å²) in [7, 11) is 3.27. The summed E-state index contributed by atoms with van der Waals surface area (Å²) in [5.41, 5.74) is 2.78. The van der Waals surface area contributed by atoms with Crippen molar-refractivity contribution >= 4 is 17.3 Å². The Labute approximate surface area is 172 Å². The number of ether oxygens (including phenoxy) is 1. The lowest BCUT2D eigenvalue weighted by molar-refractivity contribution is -0.117. The Hall–Kier alpha value is -2.60. The molecule has 6 heteroatoms. The number of methoxy groups -OCH3 is 1. The molecule has 3 rings (SSSR count). The Morgan fingerprint density at radius 1 is 1.21 bits per heavy atom. The average molecular weight is 400 g/mol. The Morgan fingerprint density at radius 3 is 2.52 bits per heavy atom. The molecule has 1 aliphatic rings. The molecule has 0 spiro atoms. The van der Waals surface area contributed by atoms with Crippen LogP contribution in [0, 0.1) is 11.7 Å². The van der Waals surface area contributed by atoms with Crippen molar-refractivity contribution in [3.63, 3.8) is 0 Å². The van der Waals surface area contributed by atoms with Gasteiger partial charge < -0.3 is 15.0 Å². The molecule has 0 saturated carbocycles. The molecule has 0 atom stereocenters. The number of hydrogen-bond donors (Lipinski definition) is 1. The molecule has 156 valence electrons. The molecule has 0 aromatic heterocycles. The minimum atomic E-state index is -0.397. The highest BCUT2D eigenvalue weighted by Crippen LogP contribution is 2.24. The predicted octanol–water partition coefficient (Wildman–Crippen LogP) is 4.14. The van der Waals surface area contributed by atoms with E-state index >= 15 is 0 Å². The Kier molecular flexibility index (Phi) is 7.09. The maximum atomic E-state index is 13.8. The van der Waals surface area contributed by atoms with Crippen molar-refractivity contribution in [3.05, 3.63) is 53.8 Å². The summed E-state index contributed by atoms with van der Waals surface area (Å²) in [4.78, 5) is 16.6. The van der Waals surface area contributed by atoms with Crippen molar-refractivity contribution in [1.82, 2.24) is 4.90 Å². The molecule has 1 N–H and O–H groups in total. The van der Waals surface area contributed by atoms with E-state index in [-0.39, 0.29) is 18.2 Å². The summed E-state index contributed by atoms with van der Waals surface area (Å²) >= 11 is 0. The van der Waals surface area contributed by atoms with Crippen LogP contribution in [0.25, 0.3) is 0 Å². The molecular formula is C23H30FN3O2. The summed E-state index contributed by atoms with van der Waals surface area (Å²) < 4.78 is 18.7. The number of nitrogens with zero attached hydrogens (tertiary/aromatic N) is 2. The summed E-state index contributed by atoms with van der Waals surface area (Å²) in [5, 5.41) is 2.93. The molecule has 1 heterocycles. The quantitative estimate of drug-likeness (QED) is 0.760.